The van der Waals surface area contributed by atoms with Gasteiger partial charge >= 0.3 is 5.97 Å². The zero-order chi connectivity index (χ0) is 18.5. The Labute approximate surface area is 158 Å². The minimum Gasteiger partial charge on any atom is -0.480 e. The van der Waals surface area contributed by atoms with Gasteiger partial charge in [0.2, 0.25) is 10.0 Å². The van der Waals surface area contributed by atoms with E-state index in [0.29, 0.717) is 0 Å². The summed E-state index contributed by atoms with van der Waals surface area (Å²) in [5.41, 5.74) is 2.49. The van der Waals surface area contributed by atoms with Crippen LogP contribution in [0.3, 0.4) is 0 Å². The Morgan fingerprint density at radius 1 is 1.15 bits per heavy atom. The number of rotatable bonds is 3. The predicted octanol–water partition coefficient (Wildman–Crippen LogP) is 3.13. The lowest BCUT2D eigenvalue weighted by atomic mass is 9.99. The van der Waals surface area contributed by atoms with Gasteiger partial charge in [0.25, 0.3) is 0 Å². The summed E-state index contributed by atoms with van der Waals surface area (Å²) in [6, 6.07) is 12.6. The van der Waals surface area contributed by atoms with E-state index in [-0.39, 0.29) is 17.9 Å². The Balaban J connectivity index is 1.82. The molecule has 8 heteroatoms. The molecule has 0 unspecified atom stereocenters. The predicted molar refractivity (Wildman–Crippen MR) is 100 cm³/mol. The summed E-state index contributed by atoms with van der Waals surface area (Å²) in [6.07, 6.45) is 0.129. The number of halogens is 1. The maximum atomic E-state index is 13.1. The zero-order valence-corrected chi connectivity index (χ0v) is 15.9. The summed E-state index contributed by atoms with van der Waals surface area (Å²) < 4.78 is 28.0. The van der Waals surface area contributed by atoms with Crippen LogP contribution < -0.4 is 0 Å². The molecule has 6 nitrogen and oxygen atoms in total. The summed E-state index contributed by atoms with van der Waals surface area (Å²) in [4.78, 5) is 15.1. The van der Waals surface area contributed by atoms with Crippen LogP contribution in [0.15, 0.2) is 57.9 Å². The smallest absolute Gasteiger partial charge is 0.322 e. The molecule has 0 spiro atoms. The van der Waals surface area contributed by atoms with Crippen molar-refractivity contribution in [2.24, 2.45) is 0 Å². The average Bonchev–Trinajstić information content (AvgIpc) is 2.98. The van der Waals surface area contributed by atoms with Gasteiger partial charge in [0, 0.05) is 27.5 Å². The van der Waals surface area contributed by atoms with Crippen molar-refractivity contribution >= 4 is 42.8 Å². The van der Waals surface area contributed by atoms with Gasteiger partial charge < -0.3 is 10.1 Å². The number of aliphatic carboxylic acids is 1. The van der Waals surface area contributed by atoms with E-state index in [9.17, 15) is 18.3 Å². The van der Waals surface area contributed by atoms with Crippen LogP contribution in [0.1, 0.15) is 11.3 Å². The van der Waals surface area contributed by atoms with Crippen molar-refractivity contribution in [3.63, 3.8) is 0 Å². The molecule has 3 aromatic rings. The minimum absolute atomic E-state index is 0.000618. The lowest BCUT2D eigenvalue weighted by Crippen LogP contribution is -2.48. The Bertz CT molecular complexity index is 1110. The third-order valence-corrected chi connectivity index (χ3v) is 7.06. The highest BCUT2D eigenvalue weighted by molar-refractivity contribution is 9.10. The number of para-hydroxylation sites is 1. The van der Waals surface area contributed by atoms with E-state index in [4.69, 9.17) is 0 Å². The first kappa shape index (κ1) is 17.3. The highest BCUT2D eigenvalue weighted by Gasteiger charge is 2.40. The second kappa shape index (κ2) is 6.22. The van der Waals surface area contributed by atoms with E-state index in [2.05, 4.69) is 20.9 Å². The second-order valence-corrected chi connectivity index (χ2v) is 9.00. The molecule has 0 saturated heterocycles. The topological polar surface area (TPSA) is 90.5 Å². The molecular formula is C18H15BrN2O4S. The molecule has 2 N–H and O–H groups in total. The molecule has 4 rings (SSSR count). The van der Waals surface area contributed by atoms with Crippen molar-refractivity contribution in [1.82, 2.24) is 9.29 Å². The molecule has 0 saturated carbocycles. The molecule has 2 heterocycles. The summed E-state index contributed by atoms with van der Waals surface area (Å²) in [6.45, 7) is -0.000618. The zero-order valence-electron chi connectivity index (χ0n) is 13.5. The maximum absolute atomic E-state index is 13.1. The molecule has 26 heavy (non-hydrogen) atoms. The summed E-state index contributed by atoms with van der Waals surface area (Å²) in [5, 5.41) is 10.6. The van der Waals surface area contributed by atoms with Gasteiger partial charge in [-0.1, -0.05) is 34.1 Å². The van der Waals surface area contributed by atoms with Crippen LogP contribution in [0.25, 0.3) is 10.9 Å². The number of fused-ring (bicyclic) bond motifs is 3. The van der Waals surface area contributed by atoms with Crippen LogP contribution in [-0.4, -0.2) is 34.8 Å². The molecule has 1 atom stereocenters. The van der Waals surface area contributed by atoms with Gasteiger partial charge in [-0.15, -0.1) is 0 Å². The fraction of sp³-hybridized carbons (Fsp3) is 0.167. The highest BCUT2D eigenvalue weighted by Crippen LogP contribution is 2.33. The summed E-state index contributed by atoms with van der Waals surface area (Å²) in [5.74, 6) is -1.15. The Kier molecular flexibility index (Phi) is 4.13. The van der Waals surface area contributed by atoms with Crippen molar-refractivity contribution in [1.29, 1.82) is 0 Å². The van der Waals surface area contributed by atoms with E-state index in [1.807, 2.05) is 24.3 Å². The lowest BCUT2D eigenvalue weighted by Gasteiger charge is -2.32. The Hall–Kier alpha value is -2.16. The molecule has 1 aliphatic rings. The number of aromatic nitrogens is 1. The van der Waals surface area contributed by atoms with Crippen molar-refractivity contribution in [2.75, 3.05) is 0 Å². The molecule has 134 valence electrons. The molecule has 0 radical (unpaired) electrons. The quantitative estimate of drug-likeness (QED) is 0.662. The fourth-order valence-corrected chi connectivity index (χ4v) is 5.20. The van der Waals surface area contributed by atoms with Crippen LogP contribution in [-0.2, 0) is 27.8 Å². The second-order valence-electron chi connectivity index (χ2n) is 6.19. The molecular weight excluding hydrogens is 420 g/mol. The summed E-state index contributed by atoms with van der Waals surface area (Å²) >= 11 is 3.28. The molecule has 0 fully saturated rings. The SMILES string of the molecule is O=C(O)[C@@H]1Cc2c([nH]c3ccccc23)CN1S(=O)(=O)c1ccc(Br)cc1. The average molecular weight is 435 g/mol. The van der Waals surface area contributed by atoms with Crippen LogP contribution in [0.2, 0.25) is 0 Å². The molecule has 2 aromatic carbocycles. The normalized spacial score (nSPS) is 18.0. The molecule has 1 aliphatic heterocycles. The van der Waals surface area contributed by atoms with Gasteiger partial charge in [-0.05, 0) is 35.9 Å². The van der Waals surface area contributed by atoms with E-state index in [0.717, 1.165) is 30.9 Å². The number of hydrogen-bond donors (Lipinski definition) is 2. The van der Waals surface area contributed by atoms with E-state index in [1.54, 1.807) is 12.1 Å². The van der Waals surface area contributed by atoms with Gasteiger partial charge in [0.1, 0.15) is 6.04 Å². The first-order chi connectivity index (χ1) is 12.4. The number of hydrogen-bond acceptors (Lipinski definition) is 3. The number of carboxylic acids is 1. The standard InChI is InChI=1S/C18H15BrN2O4S/c19-11-5-7-12(8-6-11)26(24,25)21-10-16-14(9-17(21)18(22)23)13-3-1-2-4-15(13)20-16/h1-8,17,20H,9-10H2,(H,22,23)/t17-/m0/s1. The van der Waals surface area contributed by atoms with E-state index < -0.39 is 22.0 Å². The number of sulfonamides is 1. The largest absolute Gasteiger partial charge is 0.480 e. The third-order valence-electron chi connectivity index (χ3n) is 4.67. The van der Waals surface area contributed by atoms with E-state index in [1.165, 1.54) is 12.1 Å². The first-order valence-corrected chi connectivity index (χ1v) is 10.2. The fourth-order valence-electron chi connectivity index (χ4n) is 3.39. The Morgan fingerprint density at radius 2 is 1.85 bits per heavy atom. The van der Waals surface area contributed by atoms with Gasteiger partial charge in [-0.25, -0.2) is 8.42 Å². The number of nitrogens with zero attached hydrogens (tertiary/aromatic N) is 1. The van der Waals surface area contributed by atoms with Crippen LogP contribution in [0.5, 0.6) is 0 Å². The highest BCUT2D eigenvalue weighted by atomic mass is 79.9. The van der Waals surface area contributed by atoms with Gasteiger partial charge in [-0.2, -0.15) is 4.31 Å². The van der Waals surface area contributed by atoms with Crippen LogP contribution in [0.4, 0.5) is 0 Å². The molecule has 0 bridgehead atoms. The molecule has 1 aromatic heterocycles. The monoisotopic (exact) mass is 434 g/mol. The van der Waals surface area contributed by atoms with Crippen LogP contribution in [0, 0.1) is 0 Å². The van der Waals surface area contributed by atoms with Crippen molar-refractivity contribution in [3.05, 3.63) is 64.3 Å². The number of benzene rings is 2. The Morgan fingerprint density at radius 3 is 2.54 bits per heavy atom. The maximum Gasteiger partial charge on any atom is 0.322 e. The number of aromatic amines is 1. The minimum atomic E-state index is -3.94. The first-order valence-electron chi connectivity index (χ1n) is 7.96. The van der Waals surface area contributed by atoms with Gasteiger partial charge in [-0.3, -0.25) is 4.79 Å². The number of H-pyrrole nitrogens is 1. The van der Waals surface area contributed by atoms with Gasteiger partial charge in [0.05, 0.1) is 11.4 Å². The molecule has 0 amide bonds. The number of carboxylic acid groups (broad SMARTS) is 1. The van der Waals surface area contributed by atoms with Crippen LogP contribution >= 0.6 is 15.9 Å². The lowest BCUT2D eigenvalue weighted by molar-refractivity contribution is -0.141. The van der Waals surface area contributed by atoms with E-state index >= 15 is 0 Å². The van der Waals surface area contributed by atoms with Crippen molar-refractivity contribution in [3.8, 4) is 0 Å². The number of nitrogens with one attached hydrogen (secondary N) is 1. The van der Waals surface area contributed by atoms with Gasteiger partial charge in [0.15, 0.2) is 0 Å². The summed E-state index contributed by atoms with van der Waals surface area (Å²) in [7, 11) is -3.94. The van der Waals surface area contributed by atoms with Crippen molar-refractivity contribution in [2.45, 2.75) is 23.9 Å². The third kappa shape index (κ3) is 2.74. The number of carbonyl (C=O) groups is 1. The molecule has 0 aliphatic carbocycles. The van der Waals surface area contributed by atoms with Crippen molar-refractivity contribution < 1.29 is 18.3 Å².